The third-order valence-electron chi connectivity index (χ3n) is 2.12. The van der Waals surface area contributed by atoms with E-state index in [0.717, 1.165) is 15.2 Å². The fourth-order valence-electron chi connectivity index (χ4n) is 1.50. The van der Waals surface area contributed by atoms with Gasteiger partial charge in [0.2, 0.25) is 0 Å². The van der Waals surface area contributed by atoms with Crippen molar-refractivity contribution in [3.63, 3.8) is 0 Å². The maximum Gasteiger partial charge on any atom is 0.114 e. The molecule has 0 bridgehead atoms. The number of hydrogen-bond acceptors (Lipinski definition) is 0. The molecule has 0 heterocycles. The molecule has 4 heteroatoms. The Hall–Kier alpha value is -0.625. The molecule has 0 N–H and O–H groups in total. The van der Waals surface area contributed by atoms with Crippen LogP contribution in [0, 0.1) is 0 Å². The van der Waals surface area contributed by atoms with Crippen molar-refractivity contribution in [3.05, 3.63) is 28.7 Å². The van der Waals surface area contributed by atoms with Gasteiger partial charge in [-0.3, -0.25) is 0 Å². The zero-order valence-corrected chi connectivity index (χ0v) is 9.01. The van der Waals surface area contributed by atoms with Gasteiger partial charge in [0, 0.05) is 4.47 Å². The average Bonchev–Trinajstić information content (AvgIpc) is 2.07. The molecule has 0 atom stereocenters. The first-order valence-corrected chi connectivity index (χ1v) is 4.91. The predicted molar refractivity (Wildman–Crippen MR) is 67.8 cm³/mol. The molecule has 2 aromatic rings. The summed E-state index contributed by atoms with van der Waals surface area (Å²) in [6.07, 6.45) is 0. The minimum absolute atomic E-state index is 0.629. The summed E-state index contributed by atoms with van der Waals surface area (Å²) in [4.78, 5) is 0. The zero-order valence-electron chi connectivity index (χ0n) is 7.42. The van der Waals surface area contributed by atoms with Gasteiger partial charge in [-0.2, -0.15) is 0 Å². The third kappa shape index (κ3) is 1.63. The molecule has 0 fully saturated rings. The highest BCUT2D eigenvalue weighted by Crippen LogP contribution is 2.14. The molecule has 0 aliphatic heterocycles. The monoisotopic (exact) mass is 236 g/mol. The Morgan fingerprint density at radius 3 is 2.07 bits per heavy atom. The molecular weight excluding hydrogens is 232 g/mol. The van der Waals surface area contributed by atoms with Crippen molar-refractivity contribution in [1.82, 2.24) is 0 Å². The summed E-state index contributed by atoms with van der Waals surface area (Å²) in [7, 11) is 17.4. The van der Waals surface area contributed by atoms with Crippen LogP contribution >= 0.6 is 15.9 Å². The van der Waals surface area contributed by atoms with Crippen LogP contribution in [0.4, 0.5) is 0 Å². The third-order valence-corrected chi connectivity index (χ3v) is 2.58. The van der Waals surface area contributed by atoms with Gasteiger partial charge in [0.25, 0.3) is 0 Å². The average molecular weight is 236 g/mol. The summed E-state index contributed by atoms with van der Waals surface area (Å²) in [5, 5.41) is 1.82. The molecule has 2 aromatic carbocycles. The minimum atomic E-state index is 0.629. The highest BCUT2D eigenvalue weighted by atomic mass is 79.9. The van der Waals surface area contributed by atoms with Gasteiger partial charge in [0.15, 0.2) is 0 Å². The van der Waals surface area contributed by atoms with Crippen molar-refractivity contribution in [1.29, 1.82) is 0 Å². The van der Waals surface area contributed by atoms with E-state index in [9.17, 15) is 0 Å². The summed E-state index contributed by atoms with van der Waals surface area (Å²) < 4.78 is 0.916. The summed E-state index contributed by atoms with van der Waals surface area (Å²) in [6.45, 7) is 0. The molecule has 0 amide bonds. The van der Waals surface area contributed by atoms with Gasteiger partial charge in [-0.15, -0.1) is 0 Å². The van der Waals surface area contributed by atoms with Gasteiger partial charge < -0.3 is 0 Å². The SMILES string of the molecule is [B]c1cc([B])c2cc(Br)cc([B])c2c1. The molecule has 0 aliphatic rings. The number of hydrogen-bond donors (Lipinski definition) is 0. The first-order chi connectivity index (χ1) is 6.58. The predicted octanol–water partition coefficient (Wildman–Crippen LogP) is -0.0163. The van der Waals surface area contributed by atoms with E-state index < -0.39 is 0 Å². The molecule has 0 nitrogen and oxygen atoms in total. The van der Waals surface area contributed by atoms with Crippen molar-refractivity contribution >= 4 is 66.6 Å². The van der Waals surface area contributed by atoms with Crippen molar-refractivity contribution in [3.8, 4) is 0 Å². The first-order valence-electron chi connectivity index (χ1n) is 4.11. The van der Waals surface area contributed by atoms with Crippen LogP contribution in [0.1, 0.15) is 0 Å². The Labute approximate surface area is 95.4 Å². The van der Waals surface area contributed by atoms with E-state index in [2.05, 4.69) is 15.9 Å². The molecule has 0 saturated carbocycles. The molecule has 0 unspecified atom stereocenters. The van der Waals surface area contributed by atoms with E-state index in [4.69, 9.17) is 23.5 Å². The fraction of sp³-hybridized carbons (Fsp3) is 0. The number of fused-ring (bicyclic) bond motifs is 1. The standard InChI is InChI=1S/C10H4B3Br/c11-5-1-7-8(9(12)2-5)3-6(14)4-10(7)13/h1-4H. The van der Waals surface area contributed by atoms with Crippen LogP contribution in [0.3, 0.4) is 0 Å². The van der Waals surface area contributed by atoms with E-state index in [1.54, 1.807) is 6.07 Å². The quantitative estimate of drug-likeness (QED) is 0.564. The normalized spacial score (nSPS) is 10.6. The van der Waals surface area contributed by atoms with Gasteiger partial charge in [-0.1, -0.05) is 50.5 Å². The second kappa shape index (κ2) is 3.50. The van der Waals surface area contributed by atoms with Crippen LogP contribution < -0.4 is 16.4 Å². The van der Waals surface area contributed by atoms with Gasteiger partial charge >= 0.3 is 0 Å². The zero-order chi connectivity index (χ0) is 10.3. The minimum Gasteiger partial charge on any atom is -0.0966 e. The smallest absolute Gasteiger partial charge is 0.0966 e. The topological polar surface area (TPSA) is 0 Å². The first kappa shape index (κ1) is 9.91. The largest absolute Gasteiger partial charge is 0.114 e. The molecule has 2 rings (SSSR count). The van der Waals surface area contributed by atoms with Crippen LogP contribution in [0.15, 0.2) is 28.7 Å². The maximum absolute atomic E-state index is 5.85. The van der Waals surface area contributed by atoms with E-state index in [1.165, 1.54) is 0 Å². The van der Waals surface area contributed by atoms with E-state index in [0.29, 0.717) is 16.4 Å². The highest BCUT2D eigenvalue weighted by Gasteiger charge is 2.02. The lowest BCUT2D eigenvalue weighted by molar-refractivity contribution is 1.78. The second-order valence-corrected chi connectivity index (χ2v) is 4.12. The Bertz CT molecular complexity index is 461. The summed E-state index contributed by atoms with van der Waals surface area (Å²) in [5.41, 5.74) is 1.95. The molecule has 6 radical (unpaired) electrons. The molecule has 0 saturated heterocycles. The lowest BCUT2D eigenvalue weighted by Crippen LogP contribution is -2.18. The maximum atomic E-state index is 5.85. The Morgan fingerprint density at radius 1 is 0.786 bits per heavy atom. The summed E-state index contributed by atoms with van der Waals surface area (Å²) in [5.74, 6) is 0. The van der Waals surface area contributed by atoms with Crippen molar-refractivity contribution in [2.75, 3.05) is 0 Å². The van der Waals surface area contributed by atoms with Gasteiger partial charge in [0.1, 0.15) is 23.5 Å². The molecule has 0 aliphatic carbocycles. The highest BCUT2D eigenvalue weighted by molar-refractivity contribution is 9.10. The fourth-order valence-corrected chi connectivity index (χ4v) is 1.98. The van der Waals surface area contributed by atoms with Crippen molar-refractivity contribution < 1.29 is 0 Å². The van der Waals surface area contributed by atoms with E-state index >= 15 is 0 Å². The summed E-state index contributed by atoms with van der Waals surface area (Å²) >= 11 is 3.37. The van der Waals surface area contributed by atoms with Gasteiger partial charge in [-0.05, 0) is 16.8 Å². The van der Waals surface area contributed by atoms with Gasteiger partial charge in [0.05, 0.1) is 0 Å². The molecule has 60 valence electrons. The van der Waals surface area contributed by atoms with Crippen LogP contribution in [0.5, 0.6) is 0 Å². The Morgan fingerprint density at radius 2 is 1.36 bits per heavy atom. The number of benzene rings is 2. The lowest BCUT2D eigenvalue weighted by Gasteiger charge is -2.08. The van der Waals surface area contributed by atoms with Gasteiger partial charge in [-0.25, -0.2) is 0 Å². The van der Waals surface area contributed by atoms with Crippen LogP contribution in [-0.4, -0.2) is 23.5 Å². The molecule has 0 spiro atoms. The lowest BCUT2D eigenvalue weighted by atomic mass is 9.79. The Balaban J connectivity index is 2.94. The second-order valence-electron chi connectivity index (χ2n) is 3.20. The van der Waals surface area contributed by atoms with Crippen molar-refractivity contribution in [2.45, 2.75) is 0 Å². The molecule has 0 aromatic heterocycles. The van der Waals surface area contributed by atoms with Crippen LogP contribution in [-0.2, 0) is 0 Å². The number of rotatable bonds is 0. The molecular formula is C10H4B3Br. The van der Waals surface area contributed by atoms with Crippen LogP contribution in [0.25, 0.3) is 10.8 Å². The van der Waals surface area contributed by atoms with E-state index in [-0.39, 0.29) is 0 Å². The van der Waals surface area contributed by atoms with Crippen molar-refractivity contribution in [2.24, 2.45) is 0 Å². The molecule has 14 heavy (non-hydrogen) atoms. The number of halogens is 1. The Kier molecular flexibility index (Phi) is 2.48. The van der Waals surface area contributed by atoms with E-state index in [1.807, 2.05) is 18.2 Å². The van der Waals surface area contributed by atoms with Crippen LogP contribution in [0.2, 0.25) is 0 Å². The summed E-state index contributed by atoms with van der Waals surface area (Å²) in [6, 6.07) is 7.32.